The number of fused-ring (bicyclic) bond motifs is 1. The first-order valence-electron chi connectivity index (χ1n) is 13.3. The molecule has 1 fully saturated rings. The number of hydrogen-bond donors (Lipinski definition) is 2. The molecule has 10 heteroatoms. The van der Waals surface area contributed by atoms with Crippen LogP contribution in [-0.4, -0.2) is 64.2 Å². The van der Waals surface area contributed by atoms with Gasteiger partial charge in [0.2, 0.25) is 0 Å². The number of hydrogen-bond acceptors (Lipinski definition) is 6. The van der Waals surface area contributed by atoms with E-state index in [0.29, 0.717) is 38.8 Å². The number of piperidine rings is 1. The van der Waals surface area contributed by atoms with Crippen LogP contribution in [0.15, 0.2) is 36.4 Å². The van der Waals surface area contributed by atoms with Crippen LogP contribution in [0.1, 0.15) is 24.3 Å². The molecule has 1 saturated heterocycles. The smallest absolute Gasteiger partial charge is 0.393 e. The van der Waals surface area contributed by atoms with Crippen LogP contribution < -0.4 is 20.7 Å². The lowest BCUT2D eigenvalue weighted by Gasteiger charge is -2.40. The summed E-state index contributed by atoms with van der Waals surface area (Å²) in [5.74, 6) is 7.35. The number of nitrogens with zero attached hydrogens (tertiary/aromatic N) is 1. The summed E-state index contributed by atoms with van der Waals surface area (Å²) in [5, 5.41) is 8.14. The van der Waals surface area contributed by atoms with Gasteiger partial charge in [0.15, 0.2) is 0 Å². The Morgan fingerprint density at radius 2 is 1.82 bits per heavy atom. The third kappa shape index (κ3) is 7.15. The molecule has 40 heavy (non-hydrogen) atoms. The van der Waals surface area contributed by atoms with Gasteiger partial charge >= 0.3 is 6.18 Å². The van der Waals surface area contributed by atoms with Crippen molar-refractivity contribution in [3.05, 3.63) is 46.8 Å². The Kier molecular flexibility index (Phi) is 9.14. The zero-order chi connectivity index (χ0) is 29.2. The van der Waals surface area contributed by atoms with Crippen LogP contribution >= 0.6 is 18.5 Å². The highest BCUT2D eigenvalue weighted by molar-refractivity contribution is 7.70. The molecule has 1 aliphatic heterocycles. The van der Waals surface area contributed by atoms with Crippen molar-refractivity contribution in [2.75, 3.05) is 57.8 Å². The fourth-order valence-electron chi connectivity index (χ4n) is 5.50. The highest BCUT2D eigenvalue weighted by Crippen LogP contribution is 2.40. The minimum atomic E-state index is -4.35. The highest BCUT2D eigenvalue weighted by Gasteiger charge is 2.33. The van der Waals surface area contributed by atoms with E-state index in [2.05, 4.69) is 48.3 Å². The molecule has 3 aromatic rings. The van der Waals surface area contributed by atoms with E-state index in [0.717, 1.165) is 23.5 Å². The first-order chi connectivity index (χ1) is 18.8. The van der Waals surface area contributed by atoms with Crippen LogP contribution in [0.2, 0.25) is 0 Å². The number of benzene rings is 2. The van der Waals surface area contributed by atoms with Crippen LogP contribution in [0.25, 0.3) is 10.1 Å². The number of alkyl halides is 3. The molecule has 0 bridgehead atoms. The van der Waals surface area contributed by atoms with Crippen molar-refractivity contribution in [3.8, 4) is 17.6 Å². The third-order valence-corrected chi connectivity index (χ3v) is 10.0. The van der Waals surface area contributed by atoms with Gasteiger partial charge in [0.1, 0.15) is 12.9 Å². The van der Waals surface area contributed by atoms with Crippen molar-refractivity contribution in [2.45, 2.75) is 32.5 Å². The molecular weight excluding hydrogens is 554 g/mol. The summed E-state index contributed by atoms with van der Waals surface area (Å²) in [6.45, 7) is 9.96. The van der Waals surface area contributed by atoms with E-state index in [1.165, 1.54) is 18.4 Å². The van der Waals surface area contributed by atoms with Gasteiger partial charge in [-0.25, -0.2) is 0 Å². The molecule has 5 nitrogen and oxygen atoms in total. The lowest BCUT2D eigenvalue weighted by molar-refractivity contribution is -0.126. The molecule has 2 N–H and O–H groups in total. The lowest BCUT2D eigenvalue weighted by atomic mass is 9.86. The highest BCUT2D eigenvalue weighted by atomic mass is 32.1. The number of halogens is 3. The fourth-order valence-corrected chi connectivity index (χ4v) is 7.53. The maximum absolute atomic E-state index is 13.6. The zero-order valence-electron chi connectivity index (χ0n) is 23.8. The number of rotatable bonds is 7. The third-order valence-electron chi connectivity index (χ3n) is 7.32. The van der Waals surface area contributed by atoms with E-state index in [1.807, 2.05) is 12.1 Å². The van der Waals surface area contributed by atoms with Crippen molar-refractivity contribution in [1.29, 1.82) is 0 Å². The van der Waals surface area contributed by atoms with Gasteiger partial charge < -0.3 is 24.8 Å². The molecule has 0 saturated carbocycles. The molecule has 1 aromatic heterocycles. The predicted molar refractivity (Wildman–Crippen MR) is 162 cm³/mol. The summed E-state index contributed by atoms with van der Waals surface area (Å²) in [4.78, 5) is 2.74. The van der Waals surface area contributed by atoms with E-state index in [-0.39, 0.29) is 18.2 Å². The number of likely N-dealkylation sites (tertiary alicyclic amines) is 1. The Balaban J connectivity index is 1.62. The van der Waals surface area contributed by atoms with Crippen LogP contribution in [0.5, 0.6) is 5.75 Å². The molecule has 216 valence electrons. The van der Waals surface area contributed by atoms with Crippen molar-refractivity contribution in [1.82, 2.24) is 4.90 Å². The molecule has 0 radical (unpaired) electrons. The standard InChI is InChI=1S/C30H37F3N3O2PS/c1-19-17-36(3)18-20(2)28(19)35-25-10-7-9-22-23(16-30(31,32)33)27(40-29(22)25)11-8-14-34-24-13-12-21(39(5,6)37)15-26(24)38-4/h7,9-10,12-13,15,19-20,28,34-35H,14,16-18H2,1-6H3. The van der Waals surface area contributed by atoms with Crippen LogP contribution in [0.4, 0.5) is 24.5 Å². The van der Waals surface area contributed by atoms with E-state index in [9.17, 15) is 17.7 Å². The summed E-state index contributed by atoms with van der Waals surface area (Å²) in [5.41, 5.74) is 1.75. The Morgan fingerprint density at radius 3 is 2.45 bits per heavy atom. The van der Waals surface area contributed by atoms with Gasteiger partial charge in [-0.3, -0.25) is 0 Å². The summed E-state index contributed by atoms with van der Waals surface area (Å²) >= 11 is 1.31. The first kappa shape index (κ1) is 30.3. The maximum Gasteiger partial charge on any atom is 0.393 e. The average Bonchev–Trinajstić information content (AvgIpc) is 3.19. The van der Waals surface area contributed by atoms with Gasteiger partial charge in [-0.1, -0.05) is 37.8 Å². The predicted octanol–water partition coefficient (Wildman–Crippen LogP) is 6.72. The summed E-state index contributed by atoms with van der Waals surface area (Å²) < 4.78 is 59.6. The normalized spacial score (nSPS) is 20.2. The van der Waals surface area contributed by atoms with Gasteiger partial charge in [0.25, 0.3) is 0 Å². The summed E-state index contributed by atoms with van der Waals surface area (Å²) in [6.07, 6.45) is -5.38. The van der Waals surface area contributed by atoms with E-state index >= 15 is 0 Å². The molecular formula is C30H37F3N3O2PS. The topological polar surface area (TPSA) is 53.6 Å². The number of nitrogens with one attached hydrogen (secondary N) is 2. The quantitative estimate of drug-likeness (QED) is 0.236. The number of thiophene rings is 1. The van der Waals surface area contributed by atoms with Crippen molar-refractivity contribution >= 4 is 45.2 Å². The maximum atomic E-state index is 13.6. The van der Waals surface area contributed by atoms with E-state index < -0.39 is 19.7 Å². The van der Waals surface area contributed by atoms with Crippen molar-refractivity contribution < 1.29 is 22.5 Å². The van der Waals surface area contributed by atoms with Gasteiger partial charge in [-0.05, 0) is 67.4 Å². The largest absolute Gasteiger partial charge is 0.495 e. The van der Waals surface area contributed by atoms with Gasteiger partial charge in [-0.15, -0.1) is 11.3 Å². The second kappa shape index (κ2) is 12.1. The molecule has 4 rings (SSSR count). The van der Waals surface area contributed by atoms with E-state index in [1.54, 1.807) is 37.6 Å². The molecule has 2 aromatic carbocycles. The SMILES string of the molecule is COc1cc(P(C)(C)=O)ccc1NCC#Cc1sc2c(NC3C(C)CN(C)CC3C)cccc2c1CC(F)(F)F. The second-order valence-electron chi connectivity index (χ2n) is 11.1. The van der Waals surface area contributed by atoms with Gasteiger partial charge in [0.05, 0.1) is 41.0 Å². The average molecular weight is 592 g/mol. The molecule has 1 aliphatic rings. The molecule has 0 spiro atoms. The van der Waals surface area contributed by atoms with Crippen LogP contribution in [-0.2, 0) is 11.0 Å². The zero-order valence-corrected chi connectivity index (χ0v) is 25.5. The fraction of sp³-hybridized carbons (Fsp3) is 0.467. The Labute approximate surface area is 238 Å². The second-order valence-corrected chi connectivity index (χ2v) is 15.4. The monoisotopic (exact) mass is 591 g/mol. The minimum Gasteiger partial charge on any atom is -0.495 e. The molecule has 2 unspecified atom stereocenters. The number of anilines is 2. The van der Waals surface area contributed by atoms with E-state index in [4.69, 9.17) is 4.74 Å². The summed E-state index contributed by atoms with van der Waals surface area (Å²) in [7, 11) is 1.20. The van der Waals surface area contributed by atoms with Gasteiger partial charge in [0, 0.05) is 24.4 Å². The van der Waals surface area contributed by atoms with Crippen molar-refractivity contribution in [3.63, 3.8) is 0 Å². The Hall–Kier alpha value is -2.66. The van der Waals surface area contributed by atoms with Gasteiger partial charge in [-0.2, -0.15) is 13.2 Å². The summed E-state index contributed by atoms with van der Waals surface area (Å²) in [6, 6.07) is 11.1. The Bertz CT molecular complexity index is 1460. The lowest BCUT2D eigenvalue weighted by Crippen LogP contribution is -2.49. The van der Waals surface area contributed by atoms with Crippen LogP contribution in [0, 0.1) is 23.7 Å². The molecule has 2 heterocycles. The molecule has 0 aliphatic carbocycles. The molecule has 2 atom stereocenters. The van der Waals surface area contributed by atoms with Crippen LogP contribution in [0.3, 0.4) is 0 Å². The minimum absolute atomic E-state index is 0.209. The molecule has 0 amide bonds. The first-order valence-corrected chi connectivity index (χ1v) is 16.7. The van der Waals surface area contributed by atoms with Crippen molar-refractivity contribution in [2.24, 2.45) is 11.8 Å². The number of methoxy groups -OCH3 is 1. The Morgan fingerprint density at radius 1 is 1.12 bits per heavy atom. The number of ether oxygens (including phenoxy) is 1.